The monoisotopic (exact) mass is 267 g/mol. The van der Waals surface area contributed by atoms with Crippen LogP contribution in [0.4, 0.5) is 0 Å². The Morgan fingerprint density at radius 2 is 2.11 bits per heavy atom. The van der Waals surface area contributed by atoms with Gasteiger partial charge in [0.1, 0.15) is 11.4 Å². The first kappa shape index (κ1) is 12.3. The van der Waals surface area contributed by atoms with Crippen LogP contribution in [0.25, 0.3) is 0 Å². The number of rotatable bonds is 0. The van der Waals surface area contributed by atoms with Gasteiger partial charge in [-0.25, -0.2) is 0 Å². The molecule has 1 aromatic rings. The Balaban J connectivity index is 1.89. The van der Waals surface area contributed by atoms with Crippen LogP contribution in [0, 0.1) is 0 Å². The van der Waals surface area contributed by atoms with Gasteiger partial charge in [0.15, 0.2) is 0 Å². The van der Waals surface area contributed by atoms with Crippen molar-refractivity contribution >= 4 is 11.6 Å². The van der Waals surface area contributed by atoms with E-state index in [1.807, 2.05) is 18.2 Å². The number of aliphatic hydroxyl groups excluding tert-OH is 1. The molecule has 2 heterocycles. The van der Waals surface area contributed by atoms with Crippen LogP contribution >= 0.6 is 11.6 Å². The van der Waals surface area contributed by atoms with Crippen LogP contribution in [0.2, 0.25) is 5.02 Å². The normalized spacial score (nSPS) is 26.7. The minimum atomic E-state index is -0.462. The van der Waals surface area contributed by atoms with E-state index >= 15 is 0 Å². The number of halogens is 1. The van der Waals surface area contributed by atoms with Gasteiger partial charge in [0.25, 0.3) is 0 Å². The van der Waals surface area contributed by atoms with Crippen LogP contribution in [0.3, 0.4) is 0 Å². The maximum Gasteiger partial charge on any atom is 0.126 e. The van der Waals surface area contributed by atoms with Gasteiger partial charge >= 0.3 is 0 Å². The van der Waals surface area contributed by atoms with Gasteiger partial charge < -0.3 is 14.7 Å². The summed E-state index contributed by atoms with van der Waals surface area (Å²) in [4.78, 5) is 2.30. The maximum atomic E-state index is 10.3. The maximum absolute atomic E-state index is 10.3. The molecule has 1 atom stereocenters. The third-order valence-corrected chi connectivity index (χ3v) is 4.36. The summed E-state index contributed by atoms with van der Waals surface area (Å²) in [5, 5.41) is 11.0. The lowest BCUT2D eigenvalue weighted by molar-refractivity contribution is -0.0503. The largest absolute Gasteiger partial charge is 0.487 e. The highest BCUT2D eigenvalue weighted by atomic mass is 35.5. The summed E-state index contributed by atoms with van der Waals surface area (Å²) in [7, 11) is 2.12. The molecule has 3 nitrogen and oxygen atoms in total. The standard InChI is InChI=1S/C14H18ClNO2/c1-16-6-4-14(5-7-16)9-12(17)11-8-10(15)2-3-13(11)18-14/h2-3,8,12,17H,4-7,9H2,1H3/t12-/m1/s1. The van der Waals surface area contributed by atoms with Gasteiger partial charge in [0.2, 0.25) is 0 Å². The summed E-state index contributed by atoms with van der Waals surface area (Å²) in [6.07, 6.45) is 2.16. The Morgan fingerprint density at radius 3 is 2.83 bits per heavy atom. The third kappa shape index (κ3) is 2.11. The van der Waals surface area contributed by atoms with E-state index in [0.717, 1.165) is 37.2 Å². The van der Waals surface area contributed by atoms with Crippen molar-refractivity contribution in [3.63, 3.8) is 0 Å². The van der Waals surface area contributed by atoms with Crippen molar-refractivity contribution in [2.75, 3.05) is 20.1 Å². The van der Waals surface area contributed by atoms with E-state index in [1.54, 1.807) is 0 Å². The van der Waals surface area contributed by atoms with Crippen LogP contribution in [-0.4, -0.2) is 35.7 Å². The summed E-state index contributed by atoms with van der Waals surface area (Å²) < 4.78 is 6.19. The van der Waals surface area contributed by atoms with E-state index < -0.39 is 6.10 Å². The van der Waals surface area contributed by atoms with Gasteiger partial charge in [-0.05, 0) is 38.1 Å². The lowest BCUT2D eigenvalue weighted by atomic mass is 9.82. The molecule has 0 unspecified atom stereocenters. The molecule has 1 saturated heterocycles. The van der Waals surface area contributed by atoms with Crippen molar-refractivity contribution in [3.8, 4) is 5.75 Å². The number of hydrogen-bond acceptors (Lipinski definition) is 3. The summed E-state index contributed by atoms with van der Waals surface area (Å²) in [6, 6.07) is 5.50. The minimum absolute atomic E-state index is 0.188. The molecule has 0 bridgehead atoms. The van der Waals surface area contributed by atoms with Crippen molar-refractivity contribution < 1.29 is 9.84 Å². The van der Waals surface area contributed by atoms with E-state index in [0.29, 0.717) is 11.4 Å². The van der Waals surface area contributed by atoms with Gasteiger partial charge in [-0.1, -0.05) is 11.6 Å². The number of likely N-dealkylation sites (tertiary alicyclic amines) is 1. The molecule has 1 fully saturated rings. The van der Waals surface area contributed by atoms with Crippen LogP contribution in [0.5, 0.6) is 5.75 Å². The molecule has 0 radical (unpaired) electrons. The Morgan fingerprint density at radius 1 is 1.39 bits per heavy atom. The molecule has 0 amide bonds. The van der Waals surface area contributed by atoms with E-state index in [4.69, 9.17) is 16.3 Å². The SMILES string of the molecule is CN1CCC2(CC1)C[C@@H](O)c1cc(Cl)ccc1O2. The molecule has 0 aliphatic carbocycles. The molecule has 0 saturated carbocycles. The number of fused-ring (bicyclic) bond motifs is 1. The van der Waals surface area contributed by atoms with Gasteiger partial charge in [-0.3, -0.25) is 0 Å². The van der Waals surface area contributed by atoms with Crippen LogP contribution < -0.4 is 4.74 Å². The second-order valence-electron chi connectivity index (χ2n) is 5.49. The van der Waals surface area contributed by atoms with Crippen molar-refractivity contribution in [2.24, 2.45) is 0 Å². The number of benzene rings is 1. The first-order valence-corrected chi connectivity index (χ1v) is 6.81. The topological polar surface area (TPSA) is 32.7 Å². The van der Waals surface area contributed by atoms with Gasteiger partial charge in [0, 0.05) is 30.1 Å². The first-order valence-electron chi connectivity index (χ1n) is 6.43. The molecule has 2 aliphatic rings. The van der Waals surface area contributed by atoms with E-state index in [1.165, 1.54) is 0 Å². The van der Waals surface area contributed by atoms with E-state index in [2.05, 4.69) is 11.9 Å². The Hall–Kier alpha value is -0.770. The Labute approximate surface area is 112 Å². The smallest absolute Gasteiger partial charge is 0.126 e. The van der Waals surface area contributed by atoms with Gasteiger partial charge in [-0.2, -0.15) is 0 Å². The Bertz CT molecular complexity index is 455. The molecule has 3 rings (SSSR count). The van der Waals surface area contributed by atoms with Crippen LogP contribution in [0.1, 0.15) is 30.9 Å². The average Bonchev–Trinajstić information content (AvgIpc) is 2.35. The number of aliphatic hydroxyl groups is 1. The lowest BCUT2D eigenvalue weighted by Gasteiger charge is -2.45. The summed E-state index contributed by atoms with van der Waals surface area (Å²) >= 11 is 5.97. The summed E-state index contributed by atoms with van der Waals surface area (Å²) in [5.74, 6) is 0.794. The fourth-order valence-corrected chi connectivity index (χ4v) is 3.12. The minimum Gasteiger partial charge on any atom is -0.487 e. The third-order valence-electron chi connectivity index (χ3n) is 4.12. The number of piperidine rings is 1. The molecule has 1 aromatic carbocycles. The molecular weight excluding hydrogens is 250 g/mol. The quantitative estimate of drug-likeness (QED) is 0.784. The van der Waals surface area contributed by atoms with Crippen molar-refractivity contribution in [3.05, 3.63) is 28.8 Å². The zero-order chi connectivity index (χ0) is 12.8. The van der Waals surface area contributed by atoms with Crippen molar-refractivity contribution in [1.29, 1.82) is 0 Å². The van der Waals surface area contributed by atoms with Crippen molar-refractivity contribution in [1.82, 2.24) is 4.90 Å². The molecule has 0 aromatic heterocycles. The van der Waals surface area contributed by atoms with Gasteiger partial charge in [-0.15, -0.1) is 0 Å². The lowest BCUT2D eigenvalue weighted by Crippen LogP contribution is -2.49. The van der Waals surface area contributed by atoms with Gasteiger partial charge in [0.05, 0.1) is 6.10 Å². The second kappa shape index (κ2) is 4.41. The highest BCUT2D eigenvalue weighted by Gasteiger charge is 2.42. The number of ether oxygens (including phenoxy) is 1. The predicted molar refractivity (Wildman–Crippen MR) is 71.1 cm³/mol. The molecule has 4 heteroatoms. The predicted octanol–water partition coefficient (Wildman–Crippen LogP) is 2.62. The second-order valence-corrected chi connectivity index (χ2v) is 5.93. The molecule has 1 spiro atoms. The zero-order valence-corrected chi connectivity index (χ0v) is 11.3. The van der Waals surface area contributed by atoms with E-state index in [9.17, 15) is 5.11 Å². The fraction of sp³-hybridized carbons (Fsp3) is 0.571. The van der Waals surface area contributed by atoms with Crippen molar-refractivity contribution in [2.45, 2.75) is 31.0 Å². The summed E-state index contributed by atoms with van der Waals surface area (Å²) in [6.45, 7) is 2.05. The Kier molecular flexibility index (Phi) is 3.00. The molecular formula is C14H18ClNO2. The summed E-state index contributed by atoms with van der Waals surface area (Å²) in [5.41, 5.74) is 0.638. The van der Waals surface area contributed by atoms with Crippen LogP contribution in [0.15, 0.2) is 18.2 Å². The molecule has 2 aliphatic heterocycles. The first-order chi connectivity index (χ1) is 8.58. The van der Waals surface area contributed by atoms with Crippen LogP contribution in [-0.2, 0) is 0 Å². The number of hydrogen-bond donors (Lipinski definition) is 1. The average molecular weight is 268 g/mol. The molecule has 18 heavy (non-hydrogen) atoms. The highest BCUT2D eigenvalue weighted by Crippen LogP contribution is 2.44. The highest BCUT2D eigenvalue weighted by molar-refractivity contribution is 6.30. The molecule has 1 N–H and O–H groups in total. The molecule has 98 valence electrons. The fourth-order valence-electron chi connectivity index (χ4n) is 2.94. The number of nitrogens with zero attached hydrogens (tertiary/aromatic N) is 1. The zero-order valence-electron chi connectivity index (χ0n) is 10.5. The van der Waals surface area contributed by atoms with E-state index in [-0.39, 0.29) is 5.60 Å².